The molecule has 20 aromatic rings. The Kier molecular flexibility index (Phi) is 18.8. The number of rotatable bonds is 14. The second-order valence-corrected chi connectivity index (χ2v) is 40.2. The van der Waals surface area contributed by atoms with Crippen molar-refractivity contribution in [1.82, 2.24) is 9.97 Å². The first-order chi connectivity index (χ1) is 59.2. The van der Waals surface area contributed by atoms with E-state index in [2.05, 4.69) is 474 Å². The van der Waals surface area contributed by atoms with E-state index in [1.807, 2.05) is 0 Å². The van der Waals surface area contributed by atoms with Gasteiger partial charge in [0.25, 0.3) is 0 Å². The second kappa shape index (κ2) is 31.0. The van der Waals surface area contributed by atoms with Gasteiger partial charge in [-0.25, -0.2) is 9.97 Å². The predicted octanol–water partition coefficient (Wildman–Crippen LogP) is 26.6. The van der Waals surface area contributed by atoms with E-state index in [1.54, 1.807) is 10.4 Å². The molecule has 0 bridgehead atoms. The van der Waals surface area contributed by atoms with Crippen molar-refractivity contribution >= 4 is 68.8 Å². The van der Waals surface area contributed by atoms with Crippen molar-refractivity contribution in [3.63, 3.8) is 0 Å². The lowest BCUT2D eigenvalue weighted by Crippen LogP contribution is -2.72. The molecule has 0 atom stereocenters. The van der Waals surface area contributed by atoms with Gasteiger partial charge in [0.15, 0.2) is 8.07 Å². The first kappa shape index (κ1) is 72.9. The molecule has 0 aliphatic carbocycles. The summed E-state index contributed by atoms with van der Waals surface area (Å²) in [6, 6.07) is 169. The quantitative estimate of drug-likeness (QED) is 0.0801. The highest BCUT2D eigenvalue weighted by Crippen LogP contribution is 2.47. The topological polar surface area (TPSA) is 25.8 Å². The number of hydrogen-bond acceptors (Lipinski definition) is 2. The fourth-order valence-corrected chi connectivity index (χ4v) is 27.3. The monoisotopic (exact) mass is 1560 g/mol. The lowest BCUT2D eigenvalue weighted by Gasteiger charge is -2.31. The summed E-state index contributed by atoms with van der Waals surface area (Å²) in [7, 11) is -4.27. The van der Waals surface area contributed by atoms with Gasteiger partial charge in [-0.1, -0.05) is 438 Å². The molecule has 0 fully saturated rings. The molecule has 0 amide bonds. The van der Waals surface area contributed by atoms with Gasteiger partial charge in [0.2, 0.25) is 0 Å². The summed E-state index contributed by atoms with van der Waals surface area (Å²) in [6.45, 7) is 4.94. The minimum atomic E-state index is -2.61. The van der Waals surface area contributed by atoms with Gasteiger partial charge in [0.05, 0.1) is 22.8 Å². The van der Waals surface area contributed by atoms with Crippen LogP contribution in [-0.4, -0.2) is 26.1 Å². The molecule has 4 heteroatoms. The molecular weight excluding hydrogens is 1480 g/mol. The van der Waals surface area contributed by atoms with E-state index in [9.17, 15) is 0 Å². The maximum absolute atomic E-state index is 5.55. The number of hydrogen-bond donors (Lipinski definition) is 0. The van der Waals surface area contributed by atoms with E-state index in [1.165, 1.54) is 137 Å². The summed E-state index contributed by atoms with van der Waals surface area (Å²) in [4.78, 5) is 10.8. The SMILES string of the molecule is C[Si]1(C)c2ccccc2-c2cc(-c3ccc(-c4ccc(-c5cc(-c6ccc(-c7ccccc7)cc6)cc(-c6ccc(-c7ccccc7)cc6)n5)cc4)cc3)ccc21.c1ccc(-c2cc(-c3ccccc3-c3ccccc3)cc(-c3c4ccccc4c(-c4ccc5c(c4)-c4ccccc4[Si]5(c4ccccc4)c4ccccc4)c4ccccc34)n2)cc1. The maximum atomic E-state index is 5.55. The van der Waals surface area contributed by atoms with E-state index in [0.717, 1.165) is 61.7 Å². The average Bonchev–Trinajstić information content (AvgIpc) is 1.51. The van der Waals surface area contributed by atoms with Crippen LogP contribution in [0.15, 0.2) is 461 Å². The highest BCUT2D eigenvalue weighted by molar-refractivity contribution is 7.22. The first-order valence-electron chi connectivity index (χ1n) is 41.6. The summed E-state index contributed by atoms with van der Waals surface area (Å²) in [5, 5.41) is 13.6. The zero-order valence-electron chi connectivity index (χ0n) is 66.8. The fraction of sp³-hybridized carbons (Fsp3) is 0.0172. The van der Waals surface area contributed by atoms with Gasteiger partial charge in [-0.2, -0.15) is 0 Å². The van der Waals surface area contributed by atoms with Gasteiger partial charge >= 0.3 is 0 Å². The minimum absolute atomic E-state index is 0.949. The van der Waals surface area contributed by atoms with Gasteiger partial charge < -0.3 is 0 Å². The smallest absolute Gasteiger partial charge is 0.180 e. The molecule has 0 saturated carbocycles. The van der Waals surface area contributed by atoms with E-state index in [-0.39, 0.29) is 0 Å². The van der Waals surface area contributed by atoms with Crippen molar-refractivity contribution in [2.45, 2.75) is 13.1 Å². The van der Waals surface area contributed by atoms with E-state index < -0.39 is 16.1 Å². The molecule has 22 rings (SSSR count). The molecule has 18 aromatic carbocycles. The summed E-state index contributed by atoms with van der Waals surface area (Å²) in [5.74, 6) is 0. The zero-order chi connectivity index (χ0) is 80.1. The number of fused-ring (bicyclic) bond motifs is 8. The molecule has 2 aliphatic heterocycles. The Hall–Kier alpha value is -14.8. The van der Waals surface area contributed by atoms with Crippen molar-refractivity contribution < 1.29 is 0 Å². The Morgan fingerprint density at radius 1 is 0.158 bits per heavy atom. The van der Waals surface area contributed by atoms with Crippen LogP contribution in [0.5, 0.6) is 0 Å². The van der Waals surface area contributed by atoms with Gasteiger partial charge in [-0.3, -0.25) is 0 Å². The third-order valence-corrected chi connectivity index (χ3v) is 33.4. The number of pyridine rings is 2. The Labute approximate surface area is 704 Å². The summed E-state index contributed by atoms with van der Waals surface area (Å²) >= 11 is 0. The lowest BCUT2D eigenvalue weighted by atomic mass is 9.85. The Morgan fingerprint density at radius 3 is 0.908 bits per heavy atom. The summed E-state index contributed by atoms with van der Waals surface area (Å²) < 4.78 is 0. The van der Waals surface area contributed by atoms with Crippen LogP contribution >= 0.6 is 0 Å². The van der Waals surface area contributed by atoms with Crippen molar-refractivity contribution in [2.24, 2.45) is 0 Å². The molecule has 0 unspecified atom stereocenters. The third-order valence-electron chi connectivity index (χ3n) is 24.9. The van der Waals surface area contributed by atoms with Crippen LogP contribution in [0.4, 0.5) is 0 Å². The lowest BCUT2D eigenvalue weighted by molar-refractivity contribution is 1.32. The van der Waals surface area contributed by atoms with Gasteiger partial charge in [-0.15, -0.1) is 0 Å². The van der Waals surface area contributed by atoms with E-state index in [4.69, 9.17) is 9.97 Å². The van der Waals surface area contributed by atoms with Crippen molar-refractivity contribution in [3.8, 4) is 156 Å². The average molecular weight is 1560 g/mol. The molecule has 0 N–H and O–H groups in total. The van der Waals surface area contributed by atoms with Crippen LogP contribution < -0.4 is 31.1 Å². The van der Waals surface area contributed by atoms with Crippen molar-refractivity contribution in [3.05, 3.63) is 461 Å². The molecule has 2 aromatic heterocycles. The second-order valence-electron chi connectivity index (χ2n) is 32.1. The highest BCUT2D eigenvalue weighted by atomic mass is 28.3. The molecule has 120 heavy (non-hydrogen) atoms. The molecule has 0 spiro atoms. The van der Waals surface area contributed by atoms with Crippen molar-refractivity contribution in [2.75, 3.05) is 0 Å². The molecule has 2 aliphatic rings. The van der Waals surface area contributed by atoms with Crippen LogP contribution in [0.1, 0.15) is 0 Å². The van der Waals surface area contributed by atoms with Crippen molar-refractivity contribution in [1.29, 1.82) is 0 Å². The van der Waals surface area contributed by atoms with Crippen LogP contribution in [0.2, 0.25) is 13.1 Å². The van der Waals surface area contributed by atoms with Gasteiger partial charge in [-0.05, 0) is 200 Å². The highest BCUT2D eigenvalue weighted by Gasteiger charge is 2.49. The molecule has 2 nitrogen and oxygen atoms in total. The Morgan fingerprint density at radius 2 is 0.425 bits per heavy atom. The van der Waals surface area contributed by atoms with Crippen LogP contribution in [0, 0.1) is 0 Å². The maximum Gasteiger partial charge on any atom is 0.180 e. The summed E-state index contributed by atoms with van der Waals surface area (Å²) in [6.07, 6.45) is 0. The number of nitrogens with zero attached hydrogens (tertiary/aromatic N) is 2. The molecule has 0 saturated heterocycles. The minimum Gasteiger partial charge on any atom is -0.248 e. The third kappa shape index (κ3) is 13.2. The molecule has 564 valence electrons. The summed E-state index contributed by atoms with van der Waals surface area (Å²) in [5.41, 5.74) is 32.9. The largest absolute Gasteiger partial charge is 0.248 e. The fourth-order valence-electron chi connectivity index (χ4n) is 19.0. The first-order valence-corrected chi connectivity index (χ1v) is 46.6. The van der Waals surface area contributed by atoms with Crippen LogP contribution in [0.25, 0.3) is 178 Å². The number of aromatic nitrogens is 2. The van der Waals surface area contributed by atoms with Crippen LogP contribution in [-0.2, 0) is 0 Å². The van der Waals surface area contributed by atoms with E-state index in [0.29, 0.717) is 0 Å². The van der Waals surface area contributed by atoms with Crippen LogP contribution in [0.3, 0.4) is 0 Å². The predicted molar refractivity (Wildman–Crippen MR) is 514 cm³/mol. The normalized spacial score (nSPS) is 12.6. The molecule has 4 heterocycles. The van der Waals surface area contributed by atoms with Gasteiger partial charge in [0, 0.05) is 22.3 Å². The zero-order valence-corrected chi connectivity index (χ0v) is 68.8. The van der Waals surface area contributed by atoms with Gasteiger partial charge in [0.1, 0.15) is 8.07 Å². The molecular formula is C116H82N2Si2. The standard InChI is InChI=1S/C61H41NSi.C55H41NSi/c1-5-21-42(22-6-1)48-29-13-14-30-49(48)45-40-56(43-23-7-2-8-24-43)62-57(41-45)61-53-34-17-15-32-51(53)60(52-33-16-18-35-54(52)61)44-37-38-59-55(39-44)50-31-19-20-36-58(50)63(59,46-25-9-3-10-26-46)47-27-11-4-12-28-47;1-57(2)54-16-10-9-15-50(54)51-35-48(33-34-55(51)57)44-21-17-42(18-22-44)43-27-31-47(32-28-43)53-37-49(45-23-19-40(20-24-45)38-11-5-3-6-12-38)36-52(56-53)46-29-25-41(26-30-46)39-13-7-4-8-14-39/h1-41H;3-37H,1-2H3. The van der Waals surface area contributed by atoms with E-state index >= 15 is 0 Å². The molecule has 0 radical (unpaired) electrons. The Balaban J connectivity index is 0.000000149. The Bertz CT molecular complexity index is 7020. The number of benzene rings is 18.